The Bertz CT molecular complexity index is 266. The van der Waals surface area contributed by atoms with E-state index in [2.05, 4.69) is 5.32 Å². The Morgan fingerprint density at radius 2 is 1.64 bits per heavy atom. The number of para-hydroxylation sites is 1. The molecule has 0 aliphatic rings. The Kier molecular flexibility index (Phi) is 6.27. The summed E-state index contributed by atoms with van der Waals surface area (Å²) in [7, 11) is -3.67. The Labute approximate surface area is 80.3 Å². The van der Waals surface area contributed by atoms with Crippen molar-refractivity contribution in [2.45, 2.75) is 6.92 Å². The van der Waals surface area contributed by atoms with Crippen molar-refractivity contribution < 1.29 is 17.7 Å². The first-order valence-corrected chi connectivity index (χ1v) is 3.77. The fraction of sp³-hybridized carbons (Fsp3) is 0.125. The van der Waals surface area contributed by atoms with E-state index >= 15 is 0 Å². The molecule has 1 rings (SSSR count). The number of carbonyl (C=O) groups excluding carboxylic acids is 1. The van der Waals surface area contributed by atoms with Crippen LogP contribution in [-0.2, 0) is 4.79 Å². The highest BCUT2D eigenvalue weighted by Crippen LogP contribution is 2.03. The molecule has 0 atom stereocenters. The summed E-state index contributed by atoms with van der Waals surface area (Å²) in [6.07, 6.45) is 0. The van der Waals surface area contributed by atoms with E-state index in [1.165, 1.54) is 6.92 Å². The maximum absolute atomic E-state index is 10.5. The summed E-state index contributed by atoms with van der Waals surface area (Å²) >= 11 is 0. The van der Waals surface area contributed by atoms with E-state index < -0.39 is 7.54 Å². The molecule has 0 radical (unpaired) electrons. The average Bonchev–Trinajstić information content (AvgIpc) is 2.03. The van der Waals surface area contributed by atoms with Crippen LogP contribution in [0.15, 0.2) is 30.3 Å². The van der Waals surface area contributed by atoms with Crippen LogP contribution < -0.4 is 5.32 Å². The van der Waals surface area contributed by atoms with Gasteiger partial charge in [0.15, 0.2) is 0 Å². The molecule has 1 amide bonds. The number of anilines is 1. The quantitative estimate of drug-likeness (QED) is 0.698. The fourth-order valence-electron chi connectivity index (χ4n) is 0.725. The number of hydrogen-bond acceptors (Lipinski definition) is 1. The fourth-order valence-corrected chi connectivity index (χ4v) is 0.725. The van der Waals surface area contributed by atoms with Gasteiger partial charge in [-0.1, -0.05) is 18.2 Å². The maximum Gasteiger partial charge on any atom is 0.762 e. The van der Waals surface area contributed by atoms with Crippen LogP contribution >= 0.6 is 0 Å². The first-order chi connectivity index (χ1) is 6.52. The molecule has 1 N–H and O–H groups in total. The minimum absolute atomic E-state index is 0.0359. The lowest BCUT2D eigenvalue weighted by Crippen LogP contribution is -2.04. The van der Waals surface area contributed by atoms with Crippen molar-refractivity contribution >= 4 is 19.1 Å². The summed E-state index contributed by atoms with van der Waals surface area (Å²) in [4.78, 5) is 10.5. The molecule has 1 aromatic carbocycles. The van der Waals surface area contributed by atoms with E-state index in [4.69, 9.17) is 0 Å². The largest absolute Gasteiger partial charge is 0.762 e. The molecule has 0 aromatic heterocycles. The number of amides is 1. The van der Waals surface area contributed by atoms with Gasteiger partial charge in [0, 0.05) is 12.6 Å². The second-order valence-corrected chi connectivity index (χ2v) is 2.29. The highest BCUT2D eigenvalue weighted by Gasteiger charge is 2.06. The predicted octanol–water partition coefficient (Wildman–Crippen LogP) is 2.52. The van der Waals surface area contributed by atoms with Gasteiger partial charge in [-0.3, -0.25) is 17.7 Å². The Morgan fingerprint density at radius 1 is 1.21 bits per heavy atom. The van der Waals surface area contributed by atoms with Gasteiger partial charge in [0.2, 0.25) is 5.91 Å². The highest BCUT2D eigenvalue weighted by molar-refractivity contribution is 6.33. The number of rotatable bonds is 1. The number of hydrogen-bond donors (Lipinski definition) is 1. The summed E-state index contributed by atoms with van der Waals surface area (Å²) in [6, 6.07) is 9.37. The number of carbonyl (C=O) groups is 1. The molecule has 0 saturated heterocycles. The van der Waals surface area contributed by atoms with Crippen LogP contribution in [-0.4, -0.2) is 13.5 Å². The molecule has 0 unspecified atom stereocenters. The van der Waals surface area contributed by atoms with Gasteiger partial charge < -0.3 is 5.32 Å². The lowest BCUT2D eigenvalue weighted by atomic mass is 10.3. The van der Waals surface area contributed by atoms with Crippen molar-refractivity contribution in [3.8, 4) is 0 Å². The van der Waals surface area contributed by atoms with E-state index in [-0.39, 0.29) is 5.91 Å². The van der Waals surface area contributed by atoms with Gasteiger partial charge in [-0.15, -0.1) is 0 Å². The summed E-state index contributed by atoms with van der Waals surface area (Å²) in [5.74, 6) is -0.0359. The summed E-state index contributed by atoms with van der Waals surface area (Å²) in [6.45, 7) is 1.49. The molecule has 0 fully saturated rings. The normalized spacial score (nSPS) is 8.29. The maximum atomic E-state index is 10.5. The van der Waals surface area contributed by atoms with Crippen LogP contribution in [0.2, 0.25) is 0 Å². The third-order valence-corrected chi connectivity index (χ3v) is 1.09. The number of halogens is 3. The second kappa shape index (κ2) is 7.00. The smallest absolute Gasteiger partial charge is 0.326 e. The van der Waals surface area contributed by atoms with Gasteiger partial charge in [-0.2, -0.15) is 0 Å². The van der Waals surface area contributed by atoms with E-state index in [0.29, 0.717) is 0 Å². The molecule has 0 aliphatic heterocycles. The molecule has 14 heavy (non-hydrogen) atoms. The second-order valence-electron chi connectivity index (χ2n) is 2.29. The minimum atomic E-state index is -3.67. The zero-order valence-corrected chi connectivity index (χ0v) is 7.51. The van der Waals surface area contributed by atoms with Crippen LogP contribution in [0, 0.1) is 0 Å². The molecular weight excluding hydrogens is 194 g/mol. The van der Waals surface area contributed by atoms with Crippen LogP contribution in [0.5, 0.6) is 0 Å². The standard InChI is InChI=1S/C8H9NO.BF3/c1-7(10)9-8-5-3-2-4-6-8;2-1(3)4/h2-6H,1H3,(H,9,10);. The van der Waals surface area contributed by atoms with Gasteiger partial charge >= 0.3 is 7.54 Å². The monoisotopic (exact) mass is 203 g/mol. The summed E-state index contributed by atoms with van der Waals surface area (Å²) in [5.41, 5.74) is 0.843. The van der Waals surface area contributed by atoms with Crippen molar-refractivity contribution in [1.29, 1.82) is 0 Å². The van der Waals surface area contributed by atoms with Crippen molar-refractivity contribution in [2.24, 2.45) is 0 Å². The van der Waals surface area contributed by atoms with E-state index in [0.717, 1.165) is 5.69 Å². The molecular formula is C8H9BF3NO. The van der Waals surface area contributed by atoms with Gasteiger partial charge in [-0.05, 0) is 12.1 Å². The Morgan fingerprint density at radius 3 is 2.00 bits per heavy atom. The lowest BCUT2D eigenvalue weighted by Gasteiger charge is -1.98. The number of benzene rings is 1. The SMILES string of the molecule is CC(=O)Nc1ccccc1.FB(F)F. The van der Waals surface area contributed by atoms with Crippen LogP contribution in [0.3, 0.4) is 0 Å². The van der Waals surface area contributed by atoms with Gasteiger partial charge in [0.1, 0.15) is 0 Å². The van der Waals surface area contributed by atoms with E-state index in [1.54, 1.807) is 0 Å². The molecule has 6 heteroatoms. The van der Waals surface area contributed by atoms with Gasteiger partial charge in [0.25, 0.3) is 0 Å². The third-order valence-electron chi connectivity index (χ3n) is 1.09. The minimum Gasteiger partial charge on any atom is -0.326 e. The topological polar surface area (TPSA) is 29.1 Å². The van der Waals surface area contributed by atoms with Crippen molar-refractivity contribution in [1.82, 2.24) is 0 Å². The molecule has 1 aromatic rings. The molecule has 0 saturated carbocycles. The zero-order chi connectivity index (χ0) is 11.0. The predicted molar refractivity (Wildman–Crippen MR) is 49.8 cm³/mol. The van der Waals surface area contributed by atoms with Gasteiger partial charge in [0.05, 0.1) is 0 Å². The Balaban J connectivity index is 0.000000364. The van der Waals surface area contributed by atoms with Crippen LogP contribution in [0.25, 0.3) is 0 Å². The highest BCUT2D eigenvalue weighted by atomic mass is 19.4. The molecule has 2 nitrogen and oxygen atoms in total. The van der Waals surface area contributed by atoms with E-state index in [1.807, 2.05) is 30.3 Å². The zero-order valence-electron chi connectivity index (χ0n) is 7.51. The van der Waals surface area contributed by atoms with Gasteiger partial charge in [-0.25, -0.2) is 0 Å². The molecule has 0 spiro atoms. The molecule has 0 aliphatic carbocycles. The molecule has 0 heterocycles. The summed E-state index contributed by atoms with van der Waals surface area (Å²) < 4.78 is 29.0. The molecule has 76 valence electrons. The van der Waals surface area contributed by atoms with Crippen molar-refractivity contribution in [2.75, 3.05) is 5.32 Å². The van der Waals surface area contributed by atoms with Crippen molar-refractivity contribution in [3.63, 3.8) is 0 Å². The van der Waals surface area contributed by atoms with Crippen LogP contribution in [0.4, 0.5) is 18.6 Å². The van der Waals surface area contributed by atoms with Crippen molar-refractivity contribution in [3.05, 3.63) is 30.3 Å². The number of nitrogens with one attached hydrogen (secondary N) is 1. The van der Waals surface area contributed by atoms with Crippen LogP contribution in [0.1, 0.15) is 6.92 Å². The lowest BCUT2D eigenvalue weighted by molar-refractivity contribution is -0.114. The third kappa shape index (κ3) is 8.64. The average molecular weight is 203 g/mol. The molecule has 0 bridgehead atoms. The van der Waals surface area contributed by atoms with E-state index in [9.17, 15) is 17.7 Å². The Hall–Kier alpha value is -1.46. The first kappa shape index (κ1) is 12.5. The summed E-state index contributed by atoms with van der Waals surface area (Å²) in [5, 5.41) is 2.67. The first-order valence-electron chi connectivity index (χ1n) is 3.77.